The Morgan fingerprint density at radius 1 is 1.17 bits per heavy atom. The molecule has 1 aliphatic carbocycles. The molecule has 1 aliphatic heterocycles. The molecule has 3 nitrogen and oxygen atoms in total. The van der Waals surface area contributed by atoms with Crippen LogP contribution in [-0.4, -0.2) is 30.5 Å². The largest absolute Gasteiger partial charge is 0.371 e. The van der Waals surface area contributed by atoms with Gasteiger partial charge in [-0.2, -0.15) is 0 Å². The van der Waals surface area contributed by atoms with Crippen LogP contribution in [0.2, 0.25) is 0 Å². The zero-order valence-electron chi connectivity index (χ0n) is 15.3. The third-order valence-electron chi connectivity index (χ3n) is 5.96. The van der Waals surface area contributed by atoms with Gasteiger partial charge in [0, 0.05) is 25.9 Å². The Balaban J connectivity index is 1.50. The van der Waals surface area contributed by atoms with Crippen molar-refractivity contribution >= 4 is 5.91 Å². The Labute approximate surface area is 146 Å². The zero-order chi connectivity index (χ0) is 17.1. The molecule has 0 aromatic heterocycles. The lowest BCUT2D eigenvalue weighted by Crippen LogP contribution is -2.41. The van der Waals surface area contributed by atoms with E-state index in [9.17, 15) is 4.79 Å². The van der Waals surface area contributed by atoms with Gasteiger partial charge in [0.15, 0.2) is 0 Å². The van der Waals surface area contributed by atoms with E-state index in [0.717, 1.165) is 31.1 Å². The summed E-state index contributed by atoms with van der Waals surface area (Å²) in [6.07, 6.45) is 5.56. The molecule has 1 aromatic carbocycles. The Bertz CT molecular complexity index is 561. The molecule has 0 bridgehead atoms. The van der Waals surface area contributed by atoms with Crippen LogP contribution in [0.25, 0.3) is 0 Å². The van der Waals surface area contributed by atoms with Crippen LogP contribution in [0.15, 0.2) is 24.3 Å². The van der Waals surface area contributed by atoms with Crippen LogP contribution in [0.3, 0.4) is 0 Å². The highest BCUT2D eigenvalue weighted by Crippen LogP contribution is 2.34. The second kappa shape index (κ2) is 7.69. The van der Waals surface area contributed by atoms with Gasteiger partial charge in [-0.1, -0.05) is 38.1 Å². The second-order valence-electron chi connectivity index (χ2n) is 7.98. The number of likely N-dealkylation sites (N-methyl/N-ethyl adjacent to an activating group) is 1. The Morgan fingerprint density at radius 2 is 1.83 bits per heavy atom. The van der Waals surface area contributed by atoms with Gasteiger partial charge < -0.3 is 9.64 Å². The van der Waals surface area contributed by atoms with Crippen LogP contribution in [0.5, 0.6) is 0 Å². The Morgan fingerprint density at radius 3 is 2.50 bits per heavy atom. The highest BCUT2D eigenvalue weighted by molar-refractivity contribution is 5.78. The predicted molar refractivity (Wildman–Crippen MR) is 96.6 cm³/mol. The lowest BCUT2D eigenvalue weighted by molar-refractivity contribution is -0.137. The molecule has 3 heteroatoms. The lowest BCUT2D eigenvalue weighted by Gasteiger charge is -2.34. The fourth-order valence-electron chi connectivity index (χ4n) is 4.27. The molecular weight excluding hydrogens is 298 g/mol. The molecule has 1 fully saturated rings. The van der Waals surface area contributed by atoms with Gasteiger partial charge in [0.1, 0.15) is 0 Å². The molecule has 1 amide bonds. The van der Waals surface area contributed by atoms with Crippen LogP contribution in [0.1, 0.15) is 50.7 Å². The van der Waals surface area contributed by atoms with Gasteiger partial charge in [-0.15, -0.1) is 0 Å². The number of hydrogen-bond acceptors (Lipinski definition) is 2. The van der Waals surface area contributed by atoms with E-state index >= 15 is 0 Å². The molecule has 3 rings (SSSR count). The van der Waals surface area contributed by atoms with E-state index in [1.807, 2.05) is 11.9 Å². The first kappa shape index (κ1) is 17.5. The van der Waals surface area contributed by atoms with Crippen LogP contribution in [0, 0.1) is 17.8 Å². The third-order valence-corrected chi connectivity index (χ3v) is 5.96. The summed E-state index contributed by atoms with van der Waals surface area (Å²) in [5, 5.41) is 0. The van der Waals surface area contributed by atoms with Gasteiger partial charge in [0.2, 0.25) is 5.91 Å². The number of benzene rings is 1. The first-order valence-corrected chi connectivity index (χ1v) is 9.48. The Hall–Kier alpha value is -1.35. The van der Waals surface area contributed by atoms with Crippen LogP contribution in [0.4, 0.5) is 0 Å². The Kier molecular flexibility index (Phi) is 5.60. The quantitative estimate of drug-likeness (QED) is 0.834. The predicted octanol–water partition coefficient (Wildman–Crippen LogP) is 4.05. The maximum absolute atomic E-state index is 12.8. The van der Waals surface area contributed by atoms with Crippen molar-refractivity contribution in [1.29, 1.82) is 0 Å². The minimum absolute atomic E-state index is 0.126. The summed E-state index contributed by atoms with van der Waals surface area (Å²) in [4.78, 5) is 14.7. The van der Waals surface area contributed by atoms with Gasteiger partial charge in [0.05, 0.1) is 12.7 Å². The van der Waals surface area contributed by atoms with E-state index < -0.39 is 0 Å². The van der Waals surface area contributed by atoms with E-state index in [1.54, 1.807) is 0 Å². The highest BCUT2D eigenvalue weighted by atomic mass is 16.5. The SMILES string of the molecule is CC(C)C1CCC(C(=O)N(C)CC2Cc3ccccc3CO2)CC1. The van der Waals surface area contributed by atoms with Crippen molar-refractivity contribution in [2.24, 2.45) is 17.8 Å². The fraction of sp³-hybridized carbons (Fsp3) is 0.667. The van der Waals surface area contributed by atoms with Crippen LogP contribution >= 0.6 is 0 Å². The van der Waals surface area contributed by atoms with Gasteiger partial charge >= 0.3 is 0 Å². The molecule has 0 N–H and O–H groups in total. The number of ether oxygens (including phenoxy) is 1. The van der Waals surface area contributed by atoms with E-state index in [-0.39, 0.29) is 12.0 Å². The van der Waals surface area contributed by atoms with Gasteiger partial charge in [-0.25, -0.2) is 0 Å². The summed E-state index contributed by atoms with van der Waals surface area (Å²) in [7, 11) is 1.95. The summed E-state index contributed by atoms with van der Waals surface area (Å²) >= 11 is 0. The maximum Gasteiger partial charge on any atom is 0.225 e. The van der Waals surface area contributed by atoms with Gasteiger partial charge in [-0.05, 0) is 48.6 Å². The van der Waals surface area contributed by atoms with Crippen molar-refractivity contribution < 1.29 is 9.53 Å². The van der Waals surface area contributed by atoms with Crippen molar-refractivity contribution in [1.82, 2.24) is 4.90 Å². The maximum atomic E-state index is 12.8. The minimum Gasteiger partial charge on any atom is -0.371 e. The third kappa shape index (κ3) is 4.00. The summed E-state index contributed by atoms with van der Waals surface area (Å²) in [5.74, 6) is 2.09. The molecule has 1 aromatic rings. The summed E-state index contributed by atoms with van der Waals surface area (Å²) in [6.45, 7) is 5.98. The first-order valence-electron chi connectivity index (χ1n) is 9.48. The molecule has 0 spiro atoms. The number of carbonyl (C=O) groups excluding carboxylic acids is 1. The molecule has 2 aliphatic rings. The number of nitrogens with zero attached hydrogens (tertiary/aromatic N) is 1. The topological polar surface area (TPSA) is 29.5 Å². The van der Waals surface area contributed by atoms with E-state index in [0.29, 0.717) is 19.1 Å². The van der Waals surface area contributed by atoms with Gasteiger partial charge in [-0.3, -0.25) is 4.79 Å². The molecule has 1 atom stereocenters. The van der Waals surface area contributed by atoms with E-state index in [1.165, 1.54) is 24.0 Å². The number of fused-ring (bicyclic) bond motifs is 1. The van der Waals surface area contributed by atoms with E-state index in [2.05, 4.69) is 38.1 Å². The molecule has 1 heterocycles. The highest BCUT2D eigenvalue weighted by Gasteiger charge is 2.30. The summed E-state index contributed by atoms with van der Waals surface area (Å²) in [5.41, 5.74) is 2.65. The number of amides is 1. The van der Waals surface area contributed by atoms with Crippen LogP contribution in [-0.2, 0) is 22.6 Å². The second-order valence-corrected chi connectivity index (χ2v) is 7.98. The molecule has 1 saturated carbocycles. The normalized spacial score (nSPS) is 26.9. The fourth-order valence-corrected chi connectivity index (χ4v) is 4.27. The first-order chi connectivity index (χ1) is 11.5. The van der Waals surface area contributed by atoms with Crippen molar-refractivity contribution in [3.8, 4) is 0 Å². The zero-order valence-corrected chi connectivity index (χ0v) is 15.3. The number of carbonyl (C=O) groups is 1. The standard InChI is InChI=1S/C21H31NO2/c1-15(2)16-8-10-17(11-9-16)21(23)22(3)13-20-12-18-6-4-5-7-19(18)14-24-20/h4-7,15-17,20H,8-14H2,1-3H3. The summed E-state index contributed by atoms with van der Waals surface area (Å²) in [6, 6.07) is 8.46. The van der Waals surface area contributed by atoms with Crippen molar-refractivity contribution in [3.63, 3.8) is 0 Å². The van der Waals surface area contributed by atoms with Gasteiger partial charge in [0.25, 0.3) is 0 Å². The average Bonchev–Trinajstić information content (AvgIpc) is 2.61. The average molecular weight is 329 g/mol. The minimum atomic E-state index is 0.126. The molecule has 132 valence electrons. The van der Waals surface area contributed by atoms with Crippen LogP contribution < -0.4 is 0 Å². The van der Waals surface area contributed by atoms with E-state index in [4.69, 9.17) is 4.74 Å². The number of rotatable bonds is 4. The smallest absolute Gasteiger partial charge is 0.225 e. The molecule has 24 heavy (non-hydrogen) atoms. The molecule has 0 saturated heterocycles. The lowest BCUT2D eigenvalue weighted by atomic mass is 9.76. The van der Waals surface area contributed by atoms with Crippen molar-refractivity contribution in [3.05, 3.63) is 35.4 Å². The number of hydrogen-bond donors (Lipinski definition) is 0. The summed E-state index contributed by atoms with van der Waals surface area (Å²) < 4.78 is 5.97. The van der Waals surface area contributed by atoms with Crippen molar-refractivity contribution in [2.75, 3.05) is 13.6 Å². The monoisotopic (exact) mass is 329 g/mol. The molecular formula is C21H31NO2. The molecule has 1 unspecified atom stereocenters. The van der Waals surface area contributed by atoms with Crippen molar-refractivity contribution in [2.45, 2.75) is 58.7 Å². The molecule has 0 radical (unpaired) electrons.